The van der Waals surface area contributed by atoms with Crippen molar-refractivity contribution in [2.24, 2.45) is 0 Å². The minimum absolute atomic E-state index is 0.0940. The highest BCUT2D eigenvalue weighted by atomic mass is 16.5. The molecule has 2 aromatic carbocycles. The summed E-state index contributed by atoms with van der Waals surface area (Å²) in [5, 5.41) is 15.6. The Morgan fingerprint density at radius 1 is 1.07 bits per heavy atom. The Kier molecular flexibility index (Phi) is 4.72. The molecule has 0 aliphatic heterocycles. The summed E-state index contributed by atoms with van der Waals surface area (Å²) in [6.45, 7) is 1.85. The minimum Gasteiger partial charge on any atom is -0.497 e. The molecule has 0 aliphatic carbocycles. The van der Waals surface area contributed by atoms with Crippen LogP contribution in [-0.2, 0) is 11.2 Å². The van der Waals surface area contributed by atoms with E-state index < -0.39 is 0 Å². The molecule has 0 atom stereocenters. The molecule has 4 rings (SSSR count). The van der Waals surface area contributed by atoms with Crippen molar-refractivity contribution in [1.82, 2.24) is 19.8 Å². The summed E-state index contributed by atoms with van der Waals surface area (Å²) in [5.74, 6) is 1.36. The number of nitrogens with one attached hydrogen (secondary N) is 1. The van der Waals surface area contributed by atoms with Gasteiger partial charge in [0.05, 0.1) is 19.2 Å². The molecule has 7 heteroatoms. The highest BCUT2D eigenvalue weighted by Gasteiger charge is 2.09. The third-order valence-corrected chi connectivity index (χ3v) is 4.36. The van der Waals surface area contributed by atoms with Crippen LogP contribution in [0.3, 0.4) is 0 Å². The first-order valence-corrected chi connectivity index (χ1v) is 8.85. The molecule has 140 valence electrons. The first-order valence-electron chi connectivity index (χ1n) is 8.85. The first kappa shape index (κ1) is 17.7. The molecule has 0 saturated heterocycles. The minimum atomic E-state index is -0.0940. The standard InChI is InChI=1S/C21H19N5O2/c1-14-23-24-20-10-9-19(25-26(14)20)16-6-4-7-17(13-16)22-21(27)12-15-5-3-8-18(11-15)28-2/h3-11,13H,12H2,1-2H3,(H,22,27). The number of hydrogen-bond donors (Lipinski definition) is 1. The Morgan fingerprint density at radius 3 is 2.79 bits per heavy atom. The van der Waals surface area contributed by atoms with Crippen molar-refractivity contribution in [2.45, 2.75) is 13.3 Å². The van der Waals surface area contributed by atoms with E-state index in [0.29, 0.717) is 11.3 Å². The highest BCUT2D eigenvalue weighted by molar-refractivity contribution is 5.92. The lowest BCUT2D eigenvalue weighted by molar-refractivity contribution is -0.115. The number of anilines is 1. The van der Waals surface area contributed by atoms with Gasteiger partial charge >= 0.3 is 0 Å². The second-order valence-electron chi connectivity index (χ2n) is 6.39. The second-order valence-corrected chi connectivity index (χ2v) is 6.39. The Labute approximate surface area is 162 Å². The van der Waals surface area contributed by atoms with Gasteiger partial charge < -0.3 is 10.1 Å². The maximum atomic E-state index is 12.4. The van der Waals surface area contributed by atoms with Gasteiger partial charge in [0.25, 0.3) is 0 Å². The second kappa shape index (κ2) is 7.48. The molecule has 0 bridgehead atoms. The van der Waals surface area contributed by atoms with Gasteiger partial charge in [-0.1, -0.05) is 24.3 Å². The molecule has 28 heavy (non-hydrogen) atoms. The number of carbonyl (C=O) groups excluding carboxylic acids is 1. The topological polar surface area (TPSA) is 81.4 Å². The van der Waals surface area contributed by atoms with Crippen molar-refractivity contribution in [3.8, 4) is 17.0 Å². The molecule has 0 aliphatic rings. The number of benzene rings is 2. The average molecular weight is 373 g/mol. The van der Waals surface area contributed by atoms with Crippen LogP contribution in [0.25, 0.3) is 16.9 Å². The van der Waals surface area contributed by atoms with E-state index in [1.807, 2.05) is 67.6 Å². The van der Waals surface area contributed by atoms with Gasteiger partial charge in [-0.15, -0.1) is 10.2 Å². The van der Waals surface area contributed by atoms with Crippen molar-refractivity contribution in [3.63, 3.8) is 0 Å². The monoisotopic (exact) mass is 373 g/mol. The van der Waals surface area contributed by atoms with Crippen LogP contribution in [0, 0.1) is 6.92 Å². The van der Waals surface area contributed by atoms with E-state index >= 15 is 0 Å². The van der Waals surface area contributed by atoms with Gasteiger partial charge in [-0.25, -0.2) is 0 Å². The molecule has 1 N–H and O–H groups in total. The summed E-state index contributed by atoms with van der Waals surface area (Å²) in [5.41, 5.74) is 3.98. The highest BCUT2D eigenvalue weighted by Crippen LogP contribution is 2.22. The third-order valence-electron chi connectivity index (χ3n) is 4.36. The number of aromatic nitrogens is 4. The van der Waals surface area contributed by atoms with Crippen LogP contribution >= 0.6 is 0 Å². The third kappa shape index (κ3) is 3.68. The van der Waals surface area contributed by atoms with E-state index in [-0.39, 0.29) is 12.3 Å². The zero-order valence-electron chi connectivity index (χ0n) is 15.6. The van der Waals surface area contributed by atoms with Gasteiger partial charge in [0.1, 0.15) is 5.75 Å². The fourth-order valence-electron chi connectivity index (χ4n) is 2.98. The maximum Gasteiger partial charge on any atom is 0.228 e. The van der Waals surface area contributed by atoms with E-state index in [1.54, 1.807) is 11.6 Å². The van der Waals surface area contributed by atoms with E-state index in [1.165, 1.54) is 0 Å². The van der Waals surface area contributed by atoms with Gasteiger partial charge in [0, 0.05) is 11.3 Å². The summed E-state index contributed by atoms with van der Waals surface area (Å²) in [6, 6.07) is 18.8. The van der Waals surface area contributed by atoms with E-state index in [4.69, 9.17) is 4.74 Å². The van der Waals surface area contributed by atoms with Crippen molar-refractivity contribution in [3.05, 3.63) is 72.1 Å². The molecule has 4 aromatic rings. The normalized spacial score (nSPS) is 10.8. The molecule has 2 heterocycles. The number of fused-ring (bicyclic) bond motifs is 1. The van der Waals surface area contributed by atoms with Crippen molar-refractivity contribution in [2.75, 3.05) is 12.4 Å². The van der Waals surface area contributed by atoms with Crippen molar-refractivity contribution >= 4 is 17.2 Å². The van der Waals surface area contributed by atoms with E-state index in [2.05, 4.69) is 20.6 Å². The van der Waals surface area contributed by atoms with Crippen LogP contribution < -0.4 is 10.1 Å². The van der Waals surface area contributed by atoms with Gasteiger partial charge in [0.15, 0.2) is 11.5 Å². The Bertz CT molecular complexity index is 1150. The summed E-state index contributed by atoms with van der Waals surface area (Å²) in [7, 11) is 1.61. The molecular weight excluding hydrogens is 354 g/mol. The maximum absolute atomic E-state index is 12.4. The molecule has 0 unspecified atom stereocenters. The fraction of sp³-hybridized carbons (Fsp3) is 0.143. The summed E-state index contributed by atoms with van der Waals surface area (Å²) >= 11 is 0. The van der Waals surface area contributed by atoms with Gasteiger partial charge in [-0.2, -0.15) is 9.61 Å². The van der Waals surface area contributed by atoms with Gasteiger partial charge in [-0.3, -0.25) is 4.79 Å². The lowest BCUT2D eigenvalue weighted by Crippen LogP contribution is -2.14. The fourth-order valence-corrected chi connectivity index (χ4v) is 2.98. The number of carbonyl (C=O) groups is 1. The zero-order chi connectivity index (χ0) is 19.5. The largest absolute Gasteiger partial charge is 0.497 e. The summed E-state index contributed by atoms with van der Waals surface area (Å²) in [6.07, 6.45) is 0.269. The number of hydrogen-bond acceptors (Lipinski definition) is 5. The number of methoxy groups -OCH3 is 1. The molecule has 0 spiro atoms. The predicted molar refractivity (Wildman–Crippen MR) is 106 cm³/mol. The van der Waals surface area contributed by atoms with E-state index in [0.717, 1.165) is 28.4 Å². The van der Waals surface area contributed by atoms with Crippen LogP contribution in [0.4, 0.5) is 5.69 Å². The van der Waals surface area contributed by atoms with E-state index in [9.17, 15) is 4.79 Å². The zero-order valence-corrected chi connectivity index (χ0v) is 15.6. The SMILES string of the molecule is COc1cccc(CC(=O)Nc2cccc(-c3ccc4nnc(C)n4n3)c2)c1. The molecule has 0 fully saturated rings. The van der Waals surface area contributed by atoms with Crippen LogP contribution in [0.2, 0.25) is 0 Å². The molecule has 0 saturated carbocycles. The number of aryl methyl sites for hydroxylation is 1. The molecule has 7 nitrogen and oxygen atoms in total. The lowest BCUT2D eigenvalue weighted by atomic mass is 10.1. The van der Waals surface area contributed by atoms with Crippen LogP contribution in [-0.4, -0.2) is 32.8 Å². The smallest absolute Gasteiger partial charge is 0.228 e. The molecule has 0 radical (unpaired) electrons. The summed E-state index contributed by atoms with van der Waals surface area (Å²) < 4.78 is 6.90. The predicted octanol–water partition coefficient (Wildman–Crippen LogP) is 3.29. The number of amides is 1. The van der Waals surface area contributed by atoms with Gasteiger partial charge in [-0.05, 0) is 48.9 Å². The average Bonchev–Trinajstić information content (AvgIpc) is 3.08. The van der Waals surface area contributed by atoms with Crippen LogP contribution in [0.1, 0.15) is 11.4 Å². The van der Waals surface area contributed by atoms with Gasteiger partial charge in [0.2, 0.25) is 5.91 Å². The van der Waals surface area contributed by atoms with Crippen LogP contribution in [0.5, 0.6) is 5.75 Å². The molecule has 2 aromatic heterocycles. The van der Waals surface area contributed by atoms with Crippen molar-refractivity contribution < 1.29 is 9.53 Å². The summed E-state index contributed by atoms with van der Waals surface area (Å²) in [4.78, 5) is 12.4. The first-order chi connectivity index (χ1) is 13.6. The Hall–Kier alpha value is -3.74. The Morgan fingerprint density at radius 2 is 1.93 bits per heavy atom. The number of rotatable bonds is 5. The molecular formula is C21H19N5O2. The van der Waals surface area contributed by atoms with Crippen molar-refractivity contribution in [1.29, 1.82) is 0 Å². The number of nitrogens with zero attached hydrogens (tertiary/aromatic N) is 4. The lowest BCUT2D eigenvalue weighted by Gasteiger charge is -2.08. The Balaban J connectivity index is 1.52. The molecule has 1 amide bonds. The quantitative estimate of drug-likeness (QED) is 0.581. The number of ether oxygens (including phenoxy) is 1. The van der Waals surface area contributed by atoms with Crippen LogP contribution in [0.15, 0.2) is 60.7 Å².